The Morgan fingerprint density at radius 3 is 2.36 bits per heavy atom. The largest absolute Gasteiger partial charge is 0.431 e. The van der Waals surface area contributed by atoms with Gasteiger partial charge in [-0.15, -0.1) is 0 Å². The van der Waals surface area contributed by atoms with Crippen molar-refractivity contribution in [3.05, 3.63) is 60.7 Å². The molecule has 2 aromatic carbocycles. The summed E-state index contributed by atoms with van der Waals surface area (Å²) in [4.78, 5) is 4.75. The molecule has 1 aliphatic rings. The van der Waals surface area contributed by atoms with Gasteiger partial charge in [0.1, 0.15) is 12.5 Å². The zero-order valence-electron chi connectivity index (χ0n) is 13.8. The van der Waals surface area contributed by atoms with Gasteiger partial charge in [-0.05, 0) is 6.42 Å². The predicted molar refractivity (Wildman–Crippen MR) is 98.4 cm³/mol. The third-order valence-electron chi connectivity index (χ3n) is 4.05. The zero-order valence-corrected chi connectivity index (χ0v) is 14.6. The summed E-state index contributed by atoms with van der Waals surface area (Å²) in [5.41, 5.74) is 2.96. The maximum absolute atomic E-state index is 6.11. The van der Waals surface area contributed by atoms with Gasteiger partial charge in [0.15, 0.2) is 5.76 Å². The topological polar surface area (TPSA) is 44.5 Å². The highest BCUT2D eigenvalue weighted by molar-refractivity contribution is 7.99. The van der Waals surface area contributed by atoms with Crippen LogP contribution in [0.1, 0.15) is 6.42 Å². The molecular formula is C20H19NO3S. The van der Waals surface area contributed by atoms with E-state index in [9.17, 15) is 0 Å². The van der Waals surface area contributed by atoms with Gasteiger partial charge in [0, 0.05) is 16.9 Å². The molecule has 1 aliphatic heterocycles. The second-order valence-corrected chi connectivity index (χ2v) is 6.78. The van der Waals surface area contributed by atoms with Gasteiger partial charge in [-0.3, -0.25) is 0 Å². The molecule has 1 unspecified atom stereocenters. The number of aromatic nitrogens is 1. The van der Waals surface area contributed by atoms with E-state index in [0.29, 0.717) is 12.0 Å². The molecule has 1 saturated heterocycles. The van der Waals surface area contributed by atoms with Crippen LogP contribution < -0.4 is 0 Å². The summed E-state index contributed by atoms with van der Waals surface area (Å²) in [6, 6.07) is 20.3. The van der Waals surface area contributed by atoms with Crippen molar-refractivity contribution in [2.45, 2.75) is 17.7 Å². The number of ether oxygens (including phenoxy) is 2. The van der Waals surface area contributed by atoms with Crippen molar-refractivity contribution < 1.29 is 13.9 Å². The quantitative estimate of drug-likeness (QED) is 0.613. The number of hydrogen-bond donors (Lipinski definition) is 0. The lowest BCUT2D eigenvalue weighted by molar-refractivity contribution is -0.130. The van der Waals surface area contributed by atoms with Gasteiger partial charge >= 0.3 is 0 Å². The van der Waals surface area contributed by atoms with Crippen LogP contribution >= 0.6 is 11.8 Å². The smallest absolute Gasteiger partial charge is 0.256 e. The summed E-state index contributed by atoms with van der Waals surface area (Å²) in [5, 5.41) is 0.674. The van der Waals surface area contributed by atoms with Crippen LogP contribution in [0.15, 0.2) is 70.3 Å². The van der Waals surface area contributed by atoms with E-state index in [1.807, 2.05) is 48.5 Å². The summed E-state index contributed by atoms with van der Waals surface area (Å²) in [6.07, 6.45) is 1.09. The highest BCUT2D eigenvalue weighted by Gasteiger charge is 2.20. The summed E-state index contributed by atoms with van der Waals surface area (Å²) in [7, 11) is 0. The lowest BCUT2D eigenvalue weighted by Crippen LogP contribution is -2.25. The molecule has 25 heavy (non-hydrogen) atoms. The fourth-order valence-corrected chi connectivity index (χ4v) is 3.63. The molecule has 1 aromatic heterocycles. The Balaban J connectivity index is 1.61. The second kappa shape index (κ2) is 7.87. The molecule has 0 amide bonds. The summed E-state index contributed by atoms with van der Waals surface area (Å²) in [5.74, 6) is 1.62. The molecule has 4 rings (SSSR count). The summed E-state index contributed by atoms with van der Waals surface area (Å²) in [6.45, 7) is 1.13. The SMILES string of the molecule is c1ccc(-c2nc(SCC3CCOCO3)oc2-c2ccccc2)cc1. The number of thioether (sulfide) groups is 1. The number of benzene rings is 2. The first-order valence-corrected chi connectivity index (χ1v) is 9.32. The second-order valence-electron chi connectivity index (χ2n) is 5.80. The highest BCUT2D eigenvalue weighted by atomic mass is 32.2. The van der Waals surface area contributed by atoms with Gasteiger partial charge in [0.05, 0.1) is 12.7 Å². The van der Waals surface area contributed by atoms with Crippen molar-refractivity contribution >= 4 is 11.8 Å². The van der Waals surface area contributed by atoms with Gasteiger partial charge < -0.3 is 13.9 Å². The first kappa shape index (κ1) is 16.4. The van der Waals surface area contributed by atoms with Gasteiger partial charge in [-0.2, -0.15) is 0 Å². The standard InChI is InChI=1S/C20H19NO3S/c1-3-7-15(8-4-1)18-19(16-9-5-2-6-10-16)24-20(21-18)25-13-17-11-12-22-14-23-17/h1-10,17H,11-14H2. The Morgan fingerprint density at radius 2 is 1.68 bits per heavy atom. The number of oxazole rings is 1. The van der Waals surface area contributed by atoms with E-state index in [0.717, 1.165) is 41.4 Å². The molecule has 4 nitrogen and oxygen atoms in total. The van der Waals surface area contributed by atoms with E-state index in [2.05, 4.69) is 12.1 Å². The van der Waals surface area contributed by atoms with Crippen molar-refractivity contribution in [1.82, 2.24) is 4.98 Å². The zero-order chi connectivity index (χ0) is 16.9. The van der Waals surface area contributed by atoms with E-state index < -0.39 is 0 Å². The molecule has 128 valence electrons. The molecule has 5 heteroatoms. The molecule has 0 radical (unpaired) electrons. The van der Waals surface area contributed by atoms with Crippen LogP contribution in [0.3, 0.4) is 0 Å². The number of hydrogen-bond acceptors (Lipinski definition) is 5. The maximum atomic E-state index is 6.11. The number of rotatable bonds is 5. The van der Waals surface area contributed by atoms with Crippen LogP contribution in [0.5, 0.6) is 0 Å². The first-order chi connectivity index (χ1) is 12.4. The molecule has 2 heterocycles. The Bertz CT molecular complexity index is 741. The Morgan fingerprint density at radius 1 is 0.960 bits per heavy atom. The van der Waals surface area contributed by atoms with Crippen molar-refractivity contribution in [1.29, 1.82) is 0 Å². The minimum atomic E-state index is 0.186. The van der Waals surface area contributed by atoms with Gasteiger partial charge in [-0.1, -0.05) is 72.4 Å². The fourth-order valence-electron chi connectivity index (χ4n) is 2.74. The molecular weight excluding hydrogens is 334 g/mol. The molecule has 3 aromatic rings. The summed E-state index contributed by atoms with van der Waals surface area (Å²) < 4.78 is 16.9. The maximum Gasteiger partial charge on any atom is 0.256 e. The van der Waals surface area contributed by atoms with E-state index in [1.165, 1.54) is 0 Å². The molecule has 0 N–H and O–H groups in total. The number of nitrogens with zero attached hydrogens (tertiary/aromatic N) is 1. The van der Waals surface area contributed by atoms with Crippen LogP contribution in [0, 0.1) is 0 Å². The fraction of sp³-hybridized carbons (Fsp3) is 0.250. The van der Waals surface area contributed by atoms with Crippen LogP contribution in [0.4, 0.5) is 0 Å². The van der Waals surface area contributed by atoms with E-state index in [4.69, 9.17) is 18.9 Å². The third-order valence-corrected chi connectivity index (χ3v) is 5.01. The van der Waals surface area contributed by atoms with Crippen molar-refractivity contribution in [3.8, 4) is 22.6 Å². The van der Waals surface area contributed by atoms with E-state index >= 15 is 0 Å². The van der Waals surface area contributed by atoms with E-state index in [-0.39, 0.29) is 6.10 Å². The summed E-state index contributed by atoms with van der Waals surface area (Å²) >= 11 is 1.59. The Labute approximate surface area is 151 Å². The van der Waals surface area contributed by atoms with Crippen LogP contribution in [-0.4, -0.2) is 30.2 Å². The van der Waals surface area contributed by atoms with Crippen LogP contribution in [-0.2, 0) is 9.47 Å². The normalized spacial score (nSPS) is 17.5. The van der Waals surface area contributed by atoms with Crippen LogP contribution in [0.2, 0.25) is 0 Å². The third kappa shape index (κ3) is 3.95. The Kier molecular flexibility index (Phi) is 5.16. The van der Waals surface area contributed by atoms with Crippen LogP contribution in [0.25, 0.3) is 22.6 Å². The average molecular weight is 353 g/mol. The molecule has 0 aliphatic carbocycles. The highest BCUT2D eigenvalue weighted by Crippen LogP contribution is 2.35. The first-order valence-electron chi connectivity index (χ1n) is 8.34. The lowest BCUT2D eigenvalue weighted by atomic mass is 10.1. The molecule has 0 bridgehead atoms. The van der Waals surface area contributed by atoms with Crippen molar-refractivity contribution in [2.75, 3.05) is 19.2 Å². The minimum absolute atomic E-state index is 0.186. The van der Waals surface area contributed by atoms with Gasteiger partial charge in [0.2, 0.25) is 0 Å². The van der Waals surface area contributed by atoms with E-state index in [1.54, 1.807) is 11.8 Å². The Hall–Kier alpha value is -2.08. The predicted octanol–water partition coefficient (Wildman–Crippen LogP) is 4.86. The van der Waals surface area contributed by atoms with Gasteiger partial charge in [0.25, 0.3) is 5.22 Å². The molecule has 1 atom stereocenters. The molecule has 0 spiro atoms. The van der Waals surface area contributed by atoms with Crippen molar-refractivity contribution in [3.63, 3.8) is 0 Å². The minimum Gasteiger partial charge on any atom is -0.431 e. The van der Waals surface area contributed by atoms with Crippen molar-refractivity contribution in [2.24, 2.45) is 0 Å². The monoisotopic (exact) mass is 353 g/mol. The molecule has 0 saturated carbocycles. The van der Waals surface area contributed by atoms with Gasteiger partial charge in [-0.25, -0.2) is 4.98 Å². The molecule has 1 fully saturated rings. The lowest BCUT2D eigenvalue weighted by Gasteiger charge is -2.21. The average Bonchev–Trinajstić information content (AvgIpc) is 3.13.